The minimum Gasteiger partial charge on any atom is -0.314 e. The van der Waals surface area contributed by atoms with Gasteiger partial charge in [0.25, 0.3) is 10.5 Å². The summed E-state index contributed by atoms with van der Waals surface area (Å²) < 4.78 is 5.91. The van der Waals surface area contributed by atoms with E-state index in [2.05, 4.69) is 44.4 Å². The molecule has 0 N–H and O–H groups in total. The molecule has 1 aliphatic rings. The standard InChI is InChI=1S/C15H10N3S/c1-2-4-11-10(3-1)8-18-14-12-7-16-5-6-17(12)9-13(14)19-15(11)18/h1-7,9H,8H2/q+1. The van der Waals surface area contributed by atoms with Gasteiger partial charge in [-0.15, -0.1) is 0 Å². The molecule has 0 radical (unpaired) electrons. The topological polar surface area (TPSA) is 21.2 Å². The predicted molar refractivity (Wildman–Crippen MR) is 75.3 cm³/mol. The highest BCUT2D eigenvalue weighted by atomic mass is 32.1. The van der Waals surface area contributed by atoms with Gasteiger partial charge in [0.05, 0.1) is 11.8 Å². The molecular formula is C15H10N3S+. The van der Waals surface area contributed by atoms with Gasteiger partial charge in [0.2, 0.25) is 0 Å². The second-order valence-electron chi connectivity index (χ2n) is 4.86. The molecule has 4 heterocycles. The van der Waals surface area contributed by atoms with Crippen LogP contribution in [0.1, 0.15) is 5.56 Å². The quantitative estimate of drug-likeness (QED) is 0.394. The van der Waals surface area contributed by atoms with Crippen molar-refractivity contribution < 1.29 is 4.57 Å². The van der Waals surface area contributed by atoms with Gasteiger partial charge in [-0.3, -0.25) is 4.98 Å². The Morgan fingerprint density at radius 3 is 3.21 bits per heavy atom. The Bertz CT molecular complexity index is 949. The molecule has 4 aromatic rings. The molecule has 0 amide bonds. The first-order chi connectivity index (χ1) is 9.42. The van der Waals surface area contributed by atoms with Crippen LogP contribution < -0.4 is 4.57 Å². The van der Waals surface area contributed by atoms with E-state index in [1.165, 1.54) is 31.9 Å². The zero-order valence-corrected chi connectivity index (χ0v) is 10.9. The maximum atomic E-state index is 4.26. The zero-order chi connectivity index (χ0) is 12.4. The maximum Gasteiger partial charge on any atom is 0.271 e. The number of thiazole rings is 1. The third-order valence-corrected chi connectivity index (χ3v) is 4.97. The number of rotatable bonds is 0. The fraction of sp³-hybridized carbons (Fsp3) is 0.0667. The van der Waals surface area contributed by atoms with Crippen molar-refractivity contribution in [2.24, 2.45) is 0 Å². The van der Waals surface area contributed by atoms with E-state index in [9.17, 15) is 0 Å². The molecule has 3 nitrogen and oxygen atoms in total. The Morgan fingerprint density at radius 2 is 2.21 bits per heavy atom. The van der Waals surface area contributed by atoms with Gasteiger partial charge in [0.1, 0.15) is 10.2 Å². The van der Waals surface area contributed by atoms with Crippen LogP contribution >= 0.6 is 11.3 Å². The van der Waals surface area contributed by atoms with Crippen molar-refractivity contribution in [2.75, 3.05) is 0 Å². The van der Waals surface area contributed by atoms with Crippen LogP contribution in [0.2, 0.25) is 0 Å². The van der Waals surface area contributed by atoms with Crippen molar-refractivity contribution in [3.05, 3.63) is 54.6 Å². The molecule has 0 aliphatic carbocycles. The van der Waals surface area contributed by atoms with Crippen molar-refractivity contribution >= 4 is 27.1 Å². The third-order valence-electron chi connectivity index (χ3n) is 3.82. The molecule has 0 fully saturated rings. The first kappa shape index (κ1) is 9.69. The van der Waals surface area contributed by atoms with E-state index < -0.39 is 0 Å². The summed E-state index contributed by atoms with van der Waals surface area (Å²) >= 11 is 1.87. The summed E-state index contributed by atoms with van der Waals surface area (Å²) in [5.74, 6) is 0. The van der Waals surface area contributed by atoms with Gasteiger partial charge in [0.15, 0.2) is 6.54 Å². The highest BCUT2D eigenvalue weighted by Crippen LogP contribution is 2.36. The molecule has 0 saturated carbocycles. The lowest BCUT2D eigenvalue weighted by Crippen LogP contribution is -2.30. The van der Waals surface area contributed by atoms with Crippen LogP contribution in [0.4, 0.5) is 0 Å². The van der Waals surface area contributed by atoms with Crippen molar-refractivity contribution in [1.29, 1.82) is 0 Å². The Labute approximate surface area is 113 Å². The van der Waals surface area contributed by atoms with Gasteiger partial charge in [0, 0.05) is 24.2 Å². The Kier molecular flexibility index (Phi) is 1.64. The molecule has 19 heavy (non-hydrogen) atoms. The highest BCUT2D eigenvalue weighted by molar-refractivity contribution is 7.21. The molecule has 1 aromatic carbocycles. The molecule has 5 rings (SSSR count). The van der Waals surface area contributed by atoms with Gasteiger partial charge >= 0.3 is 0 Å². The van der Waals surface area contributed by atoms with E-state index >= 15 is 0 Å². The lowest BCUT2D eigenvalue weighted by atomic mass is 10.1. The third kappa shape index (κ3) is 1.12. The molecule has 90 valence electrons. The fourth-order valence-corrected chi connectivity index (χ4v) is 4.24. The summed E-state index contributed by atoms with van der Waals surface area (Å²) in [6.45, 7) is 0.972. The Balaban J connectivity index is 1.94. The number of hydrogen-bond acceptors (Lipinski definition) is 2. The first-order valence-electron chi connectivity index (χ1n) is 6.27. The summed E-state index contributed by atoms with van der Waals surface area (Å²) in [6, 6.07) is 8.67. The molecule has 3 aromatic heterocycles. The second kappa shape index (κ2) is 3.22. The average molecular weight is 264 g/mol. The number of benzene rings is 1. The smallest absolute Gasteiger partial charge is 0.271 e. The van der Waals surface area contributed by atoms with Crippen molar-refractivity contribution in [3.8, 4) is 10.6 Å². The van der Waals surface area contributed by atoms with Gasteiger partial charge in [-0.25, -0.2) is 0 Å². The monoisotopic (exact) mass is 264 g/mol. The summed E-state index contributed by atoms with van der Waals surface area (Å²) in [5.41, 5.74) is 5.29. The second-order valence-corrected chi connectivity index (χ2v) is 5.89. The molecule has 1 aliphatic heterocycles. The number of aromatic nitrogens is 3. The van der Waals surface area contributed by atoms with Crippen LogP contribution in [-0.4, -0.2) is 9.38 Å². The van der Waals surface area contributed by atoms with Crippen LogP contribution in [0.15, 0.2) is 49.1 Å². The number of nitrogens with zero attached hydrogens (tertiary/aromatic N) is 3. The van der Waals surface area contributed by atoms with Gasteiger partial charge in [-0.1, -0.05) is 29.5 Å². The molecule has 0 atom stereocenters. The van der Waals surface area contributed by atoms with Crippen LogP contribution in [0.3, 0.4) is 0 Å². The predicted octanol–water partition coefficient (Wildman–Crippen LogP) is 2.87. The zero-order valence-electron chi connectivity index (χ0n) is 10.1. The van der Waals surface area contributed by atoms with Crippen molar-refractivity contribution in [2.45, 2.75) is 6.54 Å². The Morgan fingerprint density at radius 1 is 1.26 bits per heavy atom. The molecule has 0 unspecified atom stereocenters. The van der Waals surface area contributed by atoms with E-state index in [0.29, 0.717) is 0 Å². The molecular weight excluding hydrogens is 254 g/mol. The fourth-order valence-electron chi connectivity index (χ4n) is 2.98. The average Bonchev–Trinajstić information content (AvgIpc) is 3.05. The lowest BCUT2D eigenvalue weighted by Gasteiger charge is -1.91. The van der Waals surface area contributed by atoms with Gasteiger partial charge in [-0.05, 0) is 6.07 Å². The summed E-state index contributed by atoms with van der Waals surface area (Å²) in [6.07, 6.45) is 7.99. The number of hydrogen-bond donors (Lipinski definition) is 0. The Hall–Kier alpha value is -2.20. The molecule has 0 bridgehead atoms. The summed E-state index contributed by atoms with van der Waals surface area (Å²) in [7, 11) is 0. The van der Waals surface area contributed by atoms with E-state index in [-0.39, 0.29) is 0 Å². The largest absolute Gasteiger partial charge is 0.314 e. The van der Waals surface area contributed by atoms with E-state index in [4.69, 9.17) is 0 Å². The summed E-state index contributed by atoms with van der Waals surface area (Å²) in [5, 5.41) is 1.37. The normalized spacial score (nSPS) is 13.1. The van der Waals surface area contributed by atoms with Gasteiger partial charge < -0.3 is 4.40 Å². The molecule has 0 spiro atoms. The van der Waals surface area contributed by atoms with E-state index in [1.807, 2.05) is 29.9 Å². The molecule has 0 saturated heterocycles. The van der Waals surface area contributed by atoms with Crippen LogP contribution in [0.5, 0.6) is 0 Å². The highest BCUT2D eigenvalue weighted by Gasteiger charge is 2.33. The van der Waals surface area contributed by atoms with Crippen molar-refractivity contribution in [1.82, 2.24) is 9.38 Å². The van der Waals surface area contributed by atoms with E-state index in [0.717, 1.165) is 6.54 Å². The van der Waals surface area contributed by atoms with Crippen molar-refractivity contribution in [3.63, 3.8) is 0 Å². The summed E-state index contributed by atoms with van der Waals surface area (Å²) in [4.78, 5) is 4.26. The minimum absolute atomic E-state index is 0.972. The van der Waals surface area contributed by atoms with Gasteiger partial charge in [-0.2, -0.15) is 4.57 Å². The maximum absolute atomic E-state index is 4.26. The van der Waals surface area contributed by atoms with Crippen LogP contribution in [0, 0.1) is 0 Å². The lowest BCUT2D eigenvalue weighted by molar-refractivity contribution is -0.641. The first-order valence-corrected chi connectivity index (χ1v) is 7.09. The van der Waals surface area contributed by atoms with E-state index in [1.54, 1.807) is 0 Å². The number of fused-ring (bicyclic) bond motifs is 7. The molecule has 4 heteroatoms. The SMILES string of the molecule is c1ccc2c(c1)C[n+]1c-2sc2cn3ccncc3c21. The minimum atomic E-state index is 0.972. The van der Waals surface area contributed by atoms with Crippen LogP contribution in [-0.2, 0) is 6.54 Å². The van der Waals surface area contributed by atoms with Crippen LogP contribution in [0.25, 0.3) is 26.3 Å².